The zero-order valence-electron chi connectivity index (χ0n) is 16.2. The summed E-state index contributed by atoms with van der Waals surface area (Å²) in [5.41, 5.74) is 2.60. The van der Waals surface area contributed by atoms with Crippen molar-refractivity contribution < 1.29 is 4.74 Å². The SMILES string of the molecule is CN=C(NCCc1ncc(C)s1)NCc1ccc(CN2CCOCC2)cc1. The Morgan fingerprint density at radius 2 is 1.93 bits per heavy atom. The zero-order chi connectivity index (χ0) is 18.9. The van der Waals surface area contributed by atoms with Crippen molar-refractivity contribution in [2.24, 2.45) is 4.99 Å². The molecule has 1 fully saturated rings. The number of aliphatic imine (C=N–C) groups is 1. The van der Waals surface area contributed by atoms with E-state index in [2.05, 4.69) is 56.7 Å². The third-order valence-electron chi connectivity index (χ3n) is 4.52. The Morgan fingerprint density at radius 1 is 1.19 bits per heavy atom. The van der Waals surface area contributed by atoms with E-state index < -0.39 is 0 Å². The molecule has 0 aliphatic carbocycles. The maximum absolute atomic E-state index is 5.41. The first-order valence-electron chi connectivity index (χ1n) is 9.46. The van der Waals surface area contributed by atoms with Crippen molar-refractivity contribution in [3.63, 3.8) is 0 Å². The first kappa shape index (κ1) is 19.8. The van der Waals surface area contributed by atoms with Crippen molar-refractivity contribution in [1.82, 2.24) is 20.5 Å². The average molecular weight is 388 g/mol. The first-order chi connectivity index (χ1) is 13.2. The summed E-state index contributed by atoms with van der Waals surface area (Å²) in [6.07, 6.45) is 2.84. The average Bonchev–Trinajstić information content (AvgIpc) is 3.11. The standard InChI is InChI=1S/C20H29N5OS/c1-16-13-23-19(27-16)7-8-22-20(21-2)24-14-17-3-5-18(6-4-17)15-25-9-11-26-12-10-25/h3-6,13H,7-12,14-15H2,1-2H3,(H2,21,22,24). The van der Waals surface area contributed by atoms with Crippen LogP contribution in [0.3, 0.4) is 0 Å². The van der Waals surface area contributed by atoms with Crippen molar-refractivity contribution in [2.75, 3.05) is 39.9 Å². The minimum absolute atomic E-state index is 0.758. The van der Waals surface area contributed by atoms with Crippen molar-refractivity contribution in [2.45, 2.75) is 26.4 Å². The highest BCUT2D eigenvalue weighted by Gasteiger charge is 2.10. The zero-order valence-corrected chi connectivity index (χ0v) is 17.0. The van der Waals surface area contributed by atoms with Crippen LogP contribution in [0.1, 0.15) is 21.0 Å². The Hall–Kier alpha value is -1.96. The Balaban J connectivity index is 1.39. The number of ether oxygens (including phenoxy) is 1. The molecule has 0 unspecified atom stereocenters. The molecule has 1 aromatic carbocycles. The van der Waals surface area contributed by atoms with Crippen LogP contribution in [0.5, 0.6) is 0 Å². The normalized spacial score (nSPS) is 15.7. The number of benzene rings is 1. The van der Waals surface area contributed by atoms with E-state index in [-0.39, 0.29) is 0 Å². The van der Waals surface area contributed by atoms with E-state index >= 15 is 0 Å². The van der Waals surface area contributed by atoms with Crippen molar-refractivity contribution >= 4 is 17.3 Å². The van der Waals surface area contributed by atoms with Gasteiger partial charge < -0.3 is 15.4 Å². The van der Waals surface area contributed by atoms with Crippen LogP contribution in [-0.2, 0) is 24.2 Å². The molecule has 1 aliphatic rings. The molecule has 2 N–H and O–H groups in total. The second-order valence-corrected chi connectivity index (χ2v) is 7.99. The maximum Gasteiger partial charge on any atom is 0.191 e. The van der Waals surface area contributed by atoms with Gasteiger partial charge in [-0.25, -0.2) is 4.98 Å². The Bertz CT molecular complexity index is 722. The Labute approximate surface area is 165 Å². The molecule has 6 nitrogen and oxygen atoms in total. The molecule has 0 radical (unpaired) electrons. The molecule has 7 heteroatoms. The van der Waals surface area contributed by atoms with Gasteiger partial charge in [0.15, 0.2) is 5.96 Å². The van der Waals surface area contributed by atoms with Gasteiger partial charge in [-0.1, -0.05) is 24.3 Å². The highest BCUT2D eigenvalue weighted by atomic mass is 32.1. The predicted octanol–water partition coefficient (Wildman–Crippen LogP) is 2.19. The molecule has 1 aromatic heterocycles. The van der Waals surface area contributed by atoms with Crippen LogP contribution in [-0.4, -0.2) is 55.7 Å². The number of morpholine rings is 1. The molecular formula is C20H29N5OS. The van der Waals surface area contributed by atoms with E-state index in [0.717, 1.165) is 63.3 Å². The van der Waals surface area contributed by atoms with E-state index in [1.54, 1.807) is 18.4 Å². The van der Waals surface area contributed by atoms with Crippen molar-refractivity contribution in [3.05, 3.63) is 51.5 Å². The summed E-state index contributed by atoms with van der Waals surface area (Å²) in [5, 5.41) is 7.88. The van der Waals surface area contributed by atoms with Crippen molar-refractivity contribution in [1.29, 1.82) is 0 Å². The van der Waals surface area contributed by atoms with Gasteiger partial charge in [0.2, 0.25) is 0 Å². The molecule has 1 saturated heterocycles. The minimum atomic E-state index is 0.758. The summed E-state index contributed by atoms with van der Waals surface area (Å²) >= 11 is 1.75. The molecule has 0 atom stereocenters. The number of nitrogens with zero attached hydrogens (tertiary/aromatic N) is 3. The summed E-state index contributed by atoms with van der Waals surface area (Å²) in [6, 6.07) is 8.81. The Morgan fingerprint density at radius 3 is 2.59 bits per heavy atom. The van der Waals surface area contributed by atoms with Gasteiger partial charge in [-0.05, 0) is 18.1 Å². The molecule has 0 bridgehead atoms. The lowest BCUT2D eigenvalue weighted by molar-refractivity contribution is 0.0342. The lowest BCUT2D eigenvalue weighted by Crippen LogP contribution is -2.37. The van der Waals surface area contributed by atoms with Gasteiger partial charge >= 0.3 is 0 Å². The van der Waals surface area contributed by atoms with E-state index in [1.807, 2.05) is 6.20 Å². The van der Waals surface area contributed by atoms with Gasteiger partial charge in [0.05, 0.1) is 18.2 Å². The Kier molecular flexibility index (Phi) is 7.62. The monoisotopic (exact) mass is 387 g/mol. The van der Waals surface area contributed by atoms with Gasteiger partial charge in [0.25, 0.3) is 0 Å². The van der Waals surface area contributed by atoms with Crippen LogP contribution in [0.2, 0.25) is 0 Å². The van der Waals surface area contributed by atoms with E-state index in [1.165, 1.54) is 16.0 Å². The number of rotatable bonds is 7. The van der Waals surface area contributed by atoms with Crippen LogP contribution in [0, 0.1) is 6.92 Å². The third-order valence-corrected chi connectivity index (χ3v) is 5.49. The molecule has 2 heterocycles. The lowest BCUT2D eigenvalue weighted by atomic mass is 10.1. The second kappa shape index (κ2) is 10.4. The third kappa shape index (κ3) is 6.61. The second-order valence-electron chi connectivity index (χ2n) is 6.67. The van der Waals surface area contributed by atoms with E-state index in [0.29, 0.717) is 0 Å². The molecule has 0 amide bonds. The van der Waals surface area contributed by atoms with Crippen LogP contribution in [0.15, 0.2) is 35.5 Å². The van der Waals surface area contributed by atoms with Crippen LogP contribution in [0.25, 0.3) is 0 Å². The topological polar surface area (TPSA) is 61.8 Å². The number of guanidine groups is 1. The molecule has 0 spiro atoms. The fourth-order valence-corrected chi connectivity index (χ4v) is 3.78. The van der Waals surface area contributed by atoms with Gasteiger partial charge in [-0.3, -0.25) is 9.89 Å². The molecular weight excluding hydrogens is 358 g/mol. The molecule has 0 saturated carbocycles. The first-order valence-corrected chi connectivity index (χ1v) is 10.3. The molecule has 2 aromatic rings. The van der Waals surface area contributed by atoms with Crippen LogP contribution in [0.4, 0.5) is 0 Å². The predicted molar refractivity (Wildman–Crippen MR) is 111 cm³/mol. The smallest absolute Gasteiger partial charge is 0.191 e. The number of aryl methyl sites for hydroxylation is 1. The summed E-state index contributed by atoms with van der Waals surface area (Å²) < 4.78 is 5.41. The summed E-state index contributed by atoms with van der Waals surface area (Å²) in [5.74, 6) is 0.820. The number of thiazole rings is 1. The fraction of sp³-hybridized carbons (Fsp3) is 0.500. The van der Waals surface area contributed by atoms with Gasteiger partial charge in [0, 0.05) is 57.3 Å². The summed E-state index contributed by atoms with van der Waals surface area (Å²) in [6.45, 7) is 8.39. The quantitative estimate of drug-likeness (QED) is 0.563. The van der Waals surface area contributed by atoms with Gasteiger partial charge in [0.1, 0.15) is 0 Å². The van der Waals surface area contributed by atoms with Crippen LogP contribution >= 0.6 is 11.3 Å². The van der Waals surface area contributed by atoms with Crippen molar-refractivity contribution in [3.8, 4) is 0 Å². The molecule has 1 aliphatic heterocycles. The largest absolute Gasteiger partial charge is 0.379 e. The number of aromatic nitrogens is 1. The van der Waals surface area contributed by atoms with E-state index in [4.69, 9.17) is 4.74 Å². The molecule has 146 valence electrons. The molecule has 27 heavy (non-hydrogen) atoms. The lowest BCUT2D eigenvalue weighted by Gasteiger charge is -2.26. The van der Waals surface area contributed by atoms with E-state index in [9.17, 15) is 0 Å². The summed E-state index contributed by atoms with van der Waals surface area (Å²) in [7, 11) is 1.80. The van der Waals surface area contributed by atoms with Gasteiger partial charge in [-0.2, -0.15) is 0 Å². The minimum Gasteiger partial charge on any atom is -0.379 e. The van der Waals surface area contributed by atoms with Gasteiger partial charge in [-0.15, -0.1) is 11.3 Å². The number of nitrogens with one attached hydrogen (secondary N) is 2. The number of hydrogen-bond donors (Lipinski definition) is 2. The highest BCUT2D eigenvalue weighted by molar-refractivity contribution is 7.11. The number of hydrogen-bond acceptors (Lipinski definition) is 5. The fourth-order valence-electron chi connectivity index (χ4n) is 2.99. The van der Waals surface area contributed by atoms with Crippen LogP contribution < -0.4 is 10.6 Å². The molecule has 3 rings (SSSR count). The highest BCUT2D eigenvalue weighted by Crippen LogP contribution is 2.11. The maximum atomic E-state index is 5.41. The summed E-state index contributed by atoms with van der Waals surface area (Å²) in [4.78, 5) is 12.4.